The molecule has 2 atom stereocenters. The zero-order chi connectivity index (χ0) is 26.3. The Morgan fingerprint density at radius 1 is 0.921 bits per heavy atom. The van der Waals surface area contributed by atoms with Gasteiger partial charge in [0.15, 0.2) is 0 Å². The van der Waals surface area contributed by atoms with Gasteiger partial charge in [0.25, 0.3) is 5.91 Å². The lowest BCUT2D eigenvalue weighted by Crippen LogP contribution is -2.48. The Bertz CT molecular complexity index is 1400. The van der Waals surface area contributed by atoms with Crippen molar-refractivity contribution < 1.29 is 19.1 Å². The van der Waals surface area contributed by atoms with Crippen LogP contribution in [0.4, 0.5) is 5.69 Å². The number of rotatable bonds is 9. The highest BCUT2D eigenvalue weighted by atomic mass is 32.1. The summed E-state index contributed by atoms with van der Waals surface area (Å²) in [4.78, 5) is 42.5. The lowest BCUT2D eigenvalue weighted by molar-refractivity contribution is -0.126. The number of ether oxygens (including phenoxy) is 1. The van der Waals surface area contributed by atoms with Gasteiger partial charge in [0, 0.05) is 18.5 Å². The lowest BCUT2D eigenvalue weighted by atomic mass is 10.0. The Balaban J connectivity index is 1.52. The average molecular weight is 528 g/mol. The smallest absolute Gasteiger partial charge is 0.261 e. The van der Waals surface area contributed by atoms with E-state index in [9.17, 15) is 14.4 Å². The molecular weight excluding hydrogens is 498 g/mol. The first kappa shape index (κ1) is 25.6. The van der Waals surface area contributed by atoms with Crippen LogP contribution in [0.15, 0.2) is 90.3 Å². The third-order valence-corrected chi connectivity index (χ3v) is 7.46. The molecule has 3 aromatic carbocycles. The first-order valence-electron chi connectivity index (χ1n) is 12.7. The van der Waals surface area contributed by atoms with E-state index in [1.165, 1.54) is 16.2 Å². The van der Waals surface area contributed by atoms with Gasteiger partial charge in [-0.2, -0.15) is 0 Å². The minimum Gasteiger partial charge on any atom is -0.376 e. The van der Waals surface area contributed by atoms with Crippen LogP contribution in [0, 0.1) is 0 Å². The predicted octanol–water partition coefficient (Wildman–Crippen LogP) is 4.70. The quantitative estimate of drug-likeness (QED) is 0.330. The van der Waals surface area contributed by atoms with Crippen LogP contribution in [0.5, 0.6) is 0 Å². The number of nitrogens with one attached hydrogen (secondary N) is 2. The number of amides is 3. The molecule has 2 heterocycles. The zero-order valence-corrected chi connectivity index (χ0v) is 21.7. The summed E-state index contributed by atoms with van der Waals surface area (Å²) in [5.41, 5.74) is 1.27. The van der Waals surface area contributed by atoms with E-state index < -0.39 is 11.9 Å². The number of hydrogen-bond acceptors (Lipinski definition) is 5. The van der Waals surface area contributed by atoms with E-state index in [0.29, 0.717) is 29.3 Å². The second-order valence-corrected chi connectivity index (χ2v) is 10.1. The van der Waals surface area contributed by atoms with Crippen molar-refractivity contribution >= 4 is 45.5 Å². The van der Waals surface area contributed by atoms with Gasteiger partial charge in [-0.1, -0.05) is 72.8 Å². The van der Waals surface area contributed by atoms with Crippen molar-refractivity contribution in [3.8, 4) is 0 Å². The van der Waals surface area contributed by atoms with E-state index in [4.69, 9.17) is 4.74 Å². The van der Waals surface area contributed by atoms with Gasteiger partial charge >= 0.3 is 0 Å². The van der Waals surface area contributed by atoms with Crippen molar-refractivity contribution in [1.82, 2.24) is 10.6 Å². The summed E-state index contributed by atoms with van der Waals surface area (Å²) in [5, 5.41) is 9.34. The molecule has 0 saturated carbocycles. The zero-order valence-electron chi connectivity index (χ0n) is 20.8. The largest absolute Gasteiger partial charge is 0.376 e. The fourth-order valence-electron chi connectivity index (χ4n) is 4.74. The third kappa shape index (κ3) is 5.77. The molecule has 1 aliphatic rings. The number of carbonyl (C=O) groups is 3. The monoisotopic (exact) mass is 527 g/mol. The molecule has 0 spiro atoms. The van der Waals surface area contributed by atoms with Gasteiger partial charge in [-0.05, 0) is 41.3 Å². The van der Waals surface area contributed by atoms with Crippen LogP contribution in [0.3, 0.4) is 0 Å². The highest BCUT2D eigenvalue weighted by molar-refractivity contribution is 7.12. The molecule has 0 unspecified atom stereocenters. The Morgan fingerprint density at radius 2 is 1.71 bits per heavy atom. The number of thiophene rings is 1. The van der Waals surface area contributed by atoms with Gasteiger partial charge < -0.3 is 15.4 Å². The summed E-state index contributed by atoms with van der Waals surface area (Å²) in [7, 11) is 0. The summed E-state index contributed by atoms with van der Waals surface area (Å²) < 4.78 is 5.70. The molecule has 1 fully saturated rings. The maximum absolute atomic E-state index is 14.0. The van der Waals surface area contributed by atoms with Crippen molar-refractivity contribution in [2.45, 2.75) is 25.0 Å². The Kier molecular flexibility index (Phi) is 8.11. The van der Waals surface area contributed by atoms with Crippen molar-refractivity contribution in [1.29, 1.82) is 0 Å². The maximum atomic E-state index is 14.0. The minimum atomic E-state index is -0.949. The molecule has 3 amide bonds. The van der Waals surface area contributed by atoms with Crippen LogP contribution in [-0.4, -0.2) is 43.5 Å². The number of anilines is 1. The molecular formula is C30H29N3O4S. The van der Waals surface area contributed by atoms with Gasteiger partial charge in [0.1, 0.15) is 6.04 Å². The Hall–Kier alpha value is -4.01. The molecule has 5 rings (SSSR count). The van der Waals surface area contributed by atoms with Crippen molar-refractivity contribution in [2.24, 2.45) is 0 Å². The van der Waals surface area contributed by atoms with Gasteiger partial charge in [-0.3, -0.25) is 19.3 Å². The van der Waals surface area contributed by atoms with Gasteiger partial charge in [0.05, 0.1) is 23.2 Å². The molecule has 2 N–H and O–H groups in total. The molecule has 7 nitrogen and oxygen atoms in total. The van der Waals surface area contributed by atoms with Crippen LogP contribution in [-0.2, 0) is 14.3 Å². The van der Waals surface area contributed by atoms with E-state index in [-0.39, 0.29) is 24.5 Å². The summed E-state index contributed by atoms with van der Waals surface area (Å²) >= 11 is 1.30. The second kappa shape index (κ2) is 12.0. The number of nitrogens with zero attached hydrogens (tertiary/aromatic N) is 1. The molecule has 194 valence electrons. The first-order valence-corrected chi connectivity index (χ1v) is 13.6. The van der Waals surface area contributed by atoms with E-state index in [2.05, 4.69) is 10.6 Å². The fraction of sp³-hybridized carbons (Fsp3) is 0.233. The Labute approximate surface area is 225 Å². The fourth-order valence-corrected chi connectivity index (χ4v) is 5.38. The summed E-state index contributed by atoms with van der Waals surface area (Å²) in [6.45, 7) is 0.796. The second-order valence-electron chi connectivity index (χ2n) is 9.12. The van der Waals surface area contributed by atoms with E-state index in [0.717, 1.165) is 23.6 Å². The molecule has 1 aliphatic heterocycles. The maximum Gasteiger partial charge on any atom is 0.261 e. The standard InChI is InChI=1S/C30H29N3O4S/c34-27(20-32-29(35)26-16-8-18-38-26)33(25-15-6-12-21-9-4-5-14-24(21)25)28(22-10-2-1-3-11-22)30(36)31-19-23-13-7-17-37-23/h1-6,8-12,14-16,18,23,28H,7,13,17,19-20H2,(H,31,36)(H,32,35)/t23-,28+/m1/s1. The summed E-state index contributed by atoms with van der Waals surface area (Å²) in [5.74, 6) is -1.03. The first-order chi connectivity index (χ1) is 18.6. The number of hydrogen-bond donors (Lipinski definition) is 2. The SMILES string of the molecule is O=C(NCC(=O)N(c1cccc2ccccc12)[C@H](C(=O)NC[C@H]1CCCO1)c1ccccc1)c1cccs1. The van der Waals surface area contributed by atoms with Gasteiger partial charge in [0.2, 0.25) is 11.8 Å². The normalized spacial score (nSPS) is 15.6. The van der Waals surface area contributed by atoms with Crippen molar-refractivity contribution in [3.63, 3.8) is 0 Å². The highest BCUT2D eigenvalue weighted by Gasteiger charge is 2.34. The molecule has 1 aromatic heterocycles. The van der Waals surface area contributed by atoms with Crippen LogP contribution in [0.1, 0.15) is 34.1 Å². The molecule has 8 heteroatoms. The molecule has 0 aliphatic carbocycles. The average Bonchev–Trinajstić information content (AvgIpc) is 3.68. The van der Waals surface area contributed by atoms with E-state index >= 15 is 0 Å². The Morgan fingerprint density at radius 3 is 2.47 bits per heavy atom. The summed E-state index contributed by atoms with van der Waals surface area (Å²) in [6.07, 6.45) is 1.81. The molecule has 4 aromatic rings. The van der Waals surface area contributed by atoms with Gasteiger partial charge in [-0.25, -0.2) is 0 Å². The number of benzene rings is 3. The molecule has 1 saturated heterocycles. The van der Waals surface area contributed by atoms with E-state index in [1.807, 2.05) is 78.2 Å². The van der Waals surface area contributed by atoms with Crippen LogP contribution in [0.2, 0.25) is 0 Å². The van der Waals surface area contributed by atoms with Gasteiger partial charge in [-0.15, -0.1) is 11.3 Å². The van der Waals surface area contributed by atoms with Crippen LogP contribution in [0.25, 0.3) is 10.8 Å². The van der Waals surface area contributed by atoms with Crippen molar-refractivity contribution in [2.75, 3.05) is 24.6 Å². The van der Waals surface area contributed by atoms with Crippen LogP contribution >= 0.6 is 11.3 Å². The highest BCUT2D eigenvalue weighted by Crippen LogP contribution is 2.34. The summed E-state index contributed by atoms with van der Waals surface area (Å²) in [6, 6.07) is 25.2. The molecule has 0 bridgehead atoms. The van der Waals surface area contributed by atoms with E-state index in [1.54, 1.807) is 12.1 Å². The minimum absolute atomic E-state index is 0.0397. The topological polar surface area (TPSA) is 87.7 Å². The lowest BCUT2D eigenvalue weighted by Gasteiger charge is -2.32. The predicted molar refractivity (Wildman–Crippen MR) is 149 cm³/mol. The number of carbonyl (C=O) groups excluding carboxylic acids is 3. The third-order valence-electron chi connectivity index (χ3n) is 6.59. The number of fused-ring (bicyclic) bond motifs is 1. The molecule has 0 radical (unpaired) electrons. The molecule has 38 heavy (non-hydrogen) atoms. The van der Waals surface area contributed by atoms with Crippen LogP contribution < -0.4 is 15.5 Å². The van der Waals surface area contributed by atoms with Crippen molar-refractivity contribution in [3.05, 3.63) is 101 Å².